The minimum atomic E-state index is -0.786. The molecular weight excluding hydrogens is 456 g/mol. The van der Waals surface area contributed by atoms with Crippen molar-refractivity contribution >= 4 is 11.8 Å². The Morgan fingerprint density at radius 3 is 2.39 bits per heavy atom. The van der Waals surface area contributed by atoms with E-state index in [2.05, 4.69) is 5.32 Å². The molecule has 1 aliphatic carbocycles. The summed E-state index contributed by atoms with van der Waals surface area (Å²) in [4.78, 5) is 29.0. The normalized spacial score (nSPS) is 14.6. The van der Waals surface area contributed by atoms with Crippen LogP contribution in [0.5, 0.6) is 11.5 Å². The van der Waals surface area contributed by atoms with Crippen molar-refractivity contribution in [2.75, 3.05) is 20.8 Å². The van der Waals surface area contributed by atoms with Crippen molar-refractivity contribution in [3.05, 3.63) is 83.8 Å². The number of carbonyl (C=O) groups excluding carboxylic acids is 2. The average molecular weight is 491 g/mol. The van der Waals surface area contributed by atoms with E-state index in [1.807, 2.05) is 48.5 Å². The van der Waals surface area contributed by atoms with Crippen LogP contribution >= 0.6 is 0 Å². The van der Waals surface area contributed by atoms with E-state index < -0.39 is 6.04 Å². The minimum Gasteiger partial charge on any atom is -0.493 e. The molecule has 0 aliphatic heterocycles. The summed E-state index contributed by atoms with van der Waals surface area (Å²) in [7, 11) is 3.19. The van der Waals surface area contributed by atoms with Gasteiger partial charge in [0, 0.05) is 12.6 Å². The van der Waals surface area contributed by atoms with Crippen LogP contribution in [0, 0.1) is 0 Å². The maximum Gasteiger partial charge on any atom is 0.290 e. The summed E-state index contributed by atoms with van der Waals surface area (Å²) in [6, 6.07) is 17.8. The van der Waals surface area contributed by atoms with Crippen LogP contribution in [0.3, 0.4) is 0 Å². The van der Waals surface area contributed by atoms with Crippen molar-refractivity contribution in [2.24, 2.45) is 0 Å². The van der Waals surface area contributed by atoms with Crippen LogP contribution in [0.15, 0.2) is 71.3 Å². The second-order valence-electron chi connectivity index (χ2n) is 9.07. The Labute approximate surface area is 212 Å². The highest BCUT2D eigenvalue weighted by Crippen LogP contribution is 2.29. The van der Waals surface area contributed by atoms with Crippen LogP contribution in [-0.4, -0.2) is 43.5 Å². The van der Waals surface area contributed by atoms with E-state index >= 15 is 0 Å². The van der Waals surface area contributed by atoms with Crippen LogP contribution in [0.2, 0.25) is 0 Å². The third-order valence-corrected chi connectivity index (χ3v) is 6.71. The molecule has 190 valence electrons. The van der Waals surface area contributed by atoms with E-state index in [1.165, 1.54) is 12.7 Å². The van der Waals surface area contributed by atoms with Crippen LogP contribution in [0.25, 0.3) is 0 Å². The largest absolute Gasteiger partial charge is 0.493 e. The molecule has 7 heteroatoms. The minimum absolute atomic E-state index is 0.129. The number of nitrogens with one attached hydrogen (secondary N) is 1. The summed E-state index contributed by atoms with van der Waals surface area (Å²) in [5.74, 6) is 0.967. The molecule has 0 bridgehead atoms. The number of ether oxygens (including phenoxy) is 2. The third-order valence-electron chi connectivity index (χ3n) is 6.71. The van der Waals surface area contributed by atoms with Crippen molar-refractivity contribution in [2.45, 2.75) is 50.6 Å². The van der Waals surface area contributed by atoms with Crippen LogP contribution in [0.4, 0.5) is 0 Å². The maximum absolute atomic E-state index is 13.8. The molecular formula is C29H34N2O5. The molecule has 36 heavy (non-hydrogen) atoms. The highest BCUT2D eigenvalue weighted by Gasteiger charge is 2.34. The van der Waals surface area contributed by atoms with Crippen molar-refractivity contribution < 1.29 is 23.5 Å². The van der Waals surface area contributed by atoms with Crippen molar-refractivity contribution in [1.82, 2.24) is 10.2 Å². The Morgan fingerprint density at radius 2 is 1.72 bits per heavy atom. The number of amides is 2. The second kappa shape index (κ2) is 12.3. The predicted octanol–water partition coefficient (Wildman–Crippen LogP) is 5.17. The molecule has 0 unspecified atom stereocenters. The molecule has 2 aromatic carbocycles. The van der Waals surface area contributed by atoms with E-state index in [-0.39, 0.29) is 23.6 Å². The van der Waals surface area contributed by atoms with Crippen molar-refractivity contribution in [3.8, 4) is 11.5 Å². The van der Waals surface area contributed by atoms with Gasteiger partial charge in [-0.3, -0.25) is 9.59 Å². The number of hydrogen-bond donors (Lipinski definition) is 1. The highest BCUT2D eigenvalue weighted by atomic mass is 16.5. The zero-order valence-electron chi connectivity index (χ0n) is 20.9. The molecule has 0 saturated heterocycles. The van der Waals surface area contributed by atoms with Crippen LogP contribution in [-0.2, 0) is 11.2 Å². The Balaban J connectivity index is 1.65. The van der Waals surface area contributed by atoms with Gasteiger partial charge in [-0.1, -0.05) is 55.7 Å². The number of methoxy groups -OCH3 is 2. The lowest BCUT2D eigenvalue weighted by molar-refractivity contribution is -0.126. The summed E-state index contributed by atoms with van der Waals surface area (Å²) in [6.07, 6.45) is 7.33. The molecule has 0 radical (unpaired) electrons. The zero-order chi connectivity index (χ0) is 25.3. The van der Waals surface area contributed by atoms with Gasteiger partial charge in [0.25, 0.3) is 5.91 Å². The third kappa shape index (κ3) is 6.08. The van der Waals surface area contributed by atoms with E-state index in [1.54, 1.807) is 31.3 Å². The topological polar surface area (TPSA) is 81.0 Å². The summed E-state index contributed by atoms with van der Waals surface area (Å²) >= 11 is 0. The second-order valence-corrected chi connectivity index (χ2v) is 9.07. The number of carbonyl (C=O) groups is 2. The van der Waals surface area contributed by atoms with Gasteiger partial charge in [-0.25, -0.2) is 0 Å². The standard InChI is InChI=1S/C29H34N2O5/c1-34-24-16-15-21(20-26(24)35-2)17-18-31(29(33)25-14-9-19-36-25)27(22-10-5-3-6-11-22)28(32)30-23-12-7-4-8-13-23/h3,5-6,9-11,14-16,19-20,23,27H,4,7-8,12-13,17-18H2,1-2H3,(H,30,32)/t27-/m1/s1. The Kier molecular flexibility index (Phi) is 8.66. The molecule has 1 aromatic heterocycles. The Morgan fingerprint density at radius 1 is 0.972 bits per heavy atom. The first kappa shape index (κ1) is 25.4. The smallest absolute Gasteiger partial charge is 0.290 e. The lowest BCUT2D eigenvalue weighted by atomic mass is 9.94. The number of nitrogens with zero attached hydrogens (tertiary/aromatic N) is 1. The quantitative estimate of drug-likeness (QED) is 0.424. The molecule has 1 aliphatic rings. The molecule has 3 aromatic rings. The SMILES string of the molecule is COc1ccc(CCN(C(=O)c2ccco2)[C@@H](C(=O)NC2CCCCC2)c2ccccc2)cc1OC. The van der Waals surface area contributed by atoms with Gasteiger partial charge in [-0.15, -0.1) is 0 Å². The summed E-state index contributed by atoms with van der Waals surface area (Å²) in [5.41, 5.74) is 1.72. The van der Waals surface area contributed by atoms with E-state index in [0.717, 1.165) is 36.8 Å². The first-order valence-electron chi connectivity index (χ1n) is 12.5. The summed E-state index contributed by atoms with van der Waals surface area (Å²) in [5, 5.41) is 3.23. The van der Waals surface area contributed by atoms with Gasteiger partial charge in [0.05, 0.1) is 20.5 Å². The Hall–Kier alpha value is -3.74. The van der Waals surface area contributed by atoms with Gasteiger partial charge in [-0.2, -0.15) is 0 Å². The fourth-order valence-corrected chi connectivity index (χ4v) is 4.81. The van der Waals surface area contributed by atoms with Crippen LogP contribution < -0.4 is 14.8 Å². The molecule has 4 rings (SSSR count). The highest BCUT2D eigenvalue weighted by molar-refractivity contribution is 5.96. The lowest BCUT2D eigenvalue weighted by Gasteiger charge is -2.33. The predicted molar refractivity (Wildman–Crippen MR) is 137 cm³/mol. The molecule has 0 spiro atoms. The van der Waals surface area contributed by atoms with Crippen LogP contribution in [0.1, 0.15) is 59.8 Å². The first-order valence-corrected chi connectivity index (χ1v) is 12.5. The molecule has 1 fully saturated rings. The van der Waals surface area contributed by atoms with Gasteiger partial charge in [0.15, 0.2) is 17.3 Å². The van der Waals surface area contributed by atoms with E-state index in [9.17, 15) is 9.59 Å². The van der Waals surface area contributed by atoms with Gasteiger partial charge in [-0.05, 0) is 54.7 Å². The first-order chi connectivity index (χ1) is 17.6. The van der Waals surface area contributed by atoms with Crippen molar-refractivity contribution in [1.29, 1.82) is 0 Å². The fraction of sp³-hybridized carbons (Fsp3) is 0.379. The number of furan rings is 1. The summed E-state index contributed by atoms with van der Waals surface area (Å²) < 4.78 is 16.2. The van der Waals surface area contributed by atoms with E-state index in [0.29, 0.717) is 24.5 Å². The molecule has 1 N–H and O–H groups in total. The number of rotatable bonds is 10. The van der Waals surface area contributed by atoms with E-state index in [4.69, 9.17) is 13.9 Å². The molecule has 7 nitrogen and oxygen atoms in total. The number of hydrogen-bond acceptors (Lipinski definition) is 5. The molecule has 2 amide bonds. The fourth-order valence-electron chi connectivity index (χ4n) is 4.81. The monoisotopic (exact) mass is 490 g/mol. The molecule has 1 saturated carbocycles. The van der Waals surface area contributed by atoms with Gasteiger partial charge in [0.2, 0.25) is 5.91 Å². The average Bonchev–Trinajstić information content (AvgIpc) is 3.46. The lowest BCUT2D eigenvalue weighted by Crippen LogP contribution is -2.47. The van der Waals surface area contributed by atoms with Gasteiger partial charge < -0.3 is 24.1 Å². The maximum atomic E-state index is 13.8. The number of benzene rings is 2. The van der Waals surface area contributed by atoms with Gasteiger partial charge in [0.1, 0.15) is 6.04 Å². The molecule has 1 heterocycles. The van der Waals surface area contributed by atoms with Gasteiger partial charge >= 0.3 is 0 Å². The molecule has 1 atom stereocenters. The summed E-state index contributed by atoms with van der Waals surface area (Å²) in [6.45, 7) is 0.312. The van der Waals surface area contributed by atoms with Crippen molar-refractivity contribution in [3.63, 3.8) is 0 Å². The zero-order valence-corrected chi connectivity index (χ0v) is 20.9. The Bertz CT molecular complexity index is 1120.